The van der Waals surface area contributed by atoms with Crippen molar-refractivity contribution >= 4 is 10.9 Å². The summed E-state index contributed by atoms with van der Waals surface area (Å²) in [7, 11) is 0. The summed E-state index contributed by atoms with van der Waals surface area (Å²) in [6, 6.07) is 7.33. The second-order valence-corrected chi connectivity index (χ2v) is 6.04. The Labute approximate surface area is 113 Å². The van der Waals surface area contributed by atoms with Gasteiger partial charge >= 0.3 is 0 Å². The molecule has 0 spiro atoms. The van der Waals surface area contributed by atoms with Crippen LogP contribution in [0.25, 0.3) is 10.9 Å². The normalized spacial score (nSPS) is 29.2. The average Bonchev–Trinajstić information content (AvgIpc) is 2.85. The lowest BCUT2D eigenvalue weighted by atomic mass is 9.73. The zero-order valence-corrected chi connectivity index (χ0v) is 11.2. The predicted octanol–water partition coefficient (Wildman–Crippen LogP) is 3.36. The minimum atomic E-state index is 0.620. The first-order chi connectivity index (χ1) is 9.36. The van der Waals surface area contributed by atoms with Gasteiger partial charge in [-0.15, -0.1) is 6.58 Å². The number of aromatic amines is 1. The van der Waals surface area contributed by atoms with Crippen LogP contribution in [0.4, 0.5) is 0 Å². The van der Waals surface area contributed by atoms with Crippen molar-refractivity contribution in [1.29, 1.82) is 0 Å². The predicted molar refractivity (Wildman–Crippen MR) is 79.5 cm³/mol. The van der Waals surface area contributed by atoms with Gasteiger partial charge in [-0.3, -0.25) is 0 Å². The zero-order valence-electron chi connectivity index (χ0n) is 11.2. The molecule has 0 saturated carbocycles. The third-order valence-electron chi connectivity index (χ3n) is 4.90. The van der Waals surface area contributed by atoms with Crippen molar-refractivity contribution in [3.63, 3.8) is 0 Å². The van der Waals surface area contributed by atoms with E-state index in [0.717, 1.165) is 18.9 Å². The van der Waals surface area contributed by atoms with Crippen LogP contribution in [-0.2, 0) is 6.42 Å². The molecule has 2 heteroatoms. The Morgan fingerprint density at radius 1 is 1.37 bits per heavy atom. The van der Waals surface area contributed by atoms with E-state index in [0.29, 0.717) is 12.0 Å². The lowest BCUT2D eigenvalue weighted by molar-refractivity contribution is 0.270. The van der Waals surface area contributed by atoms with Crippen LogP contribution in [0.5, 0.6) is 0 Å². The molecule has 0 amide bonds. The first-order valence-electron chi connectivity index (χ1n) is 7.30. The number of hydrogen-bond donors (Lipinski definition) is 2. The van der Waals surface area contributed by atoms with Crippen LogP contribution in [0.15, 0.2) is 37.1 Å². The zero-order chi connectivity index (χ0) is 12.8. The number of H-pyrrole nitrogens is 1. The average molecular weight is 252 g/mol. The summed E-state index contributed by atoms with van der Waals surface area (Å²) < 4.78 is 0. The van der Waals surface area contributed by atoms with Gasteiger partial charge in [-0.1, -0.05) is 18.2 Å². The molecule has 1 unspecified atom stereocenters. The maximum atomic E-state index is 3.89. The van der Waals surface area contributed by atoms with Crippen molar-refractivity contribution in [2.24, 2.45) is 5.92 Å². The van der Waals surface area contributed by atoms with Crippen molar-refractivity contribution in [2.45, 2.75) is 31.2 Å². The maximum absolute atomic E-state index is 3.89. The van der Waals surface area contributed by atoms with Gasteiger partial charge < -0.3 is 10.3 Å². The topological polar surface area (TPSA) is 27.8 Å². The van der Waals surface area contributed by atoms with Gasteiger partial charge in [0.1, 0.15) is 0 Å². The molecule has 2 N–H and O–H groups in total. The molecular formula is C17H20N2. The monoisotopic (exact) mass is 252 g/mol. The number of piperidine rings is 1. The van der Waals surface area contributed by atoms with Gasteiger partial charge in [0.05, 0.1) is 0 Å². The van der Waals surface area contributed by atoms with Crippen molar-refractivity contribution in [2.75, 3.05) is 6.54 Å². The number of fused-ring (bicyclic) bond motifs is 2. The van der Waals surface area contributed by atoms with Gasteiger partial charge in [-0.25, -0.2) is 0 Å². The Bertz CT molecular complexity index is 625. The highest BCUT2D eigenvalue weighted by molar-refractivity contribution is 5.88. The highest BCUT2D eigenvalue weighted by atomic mass is 14.9. The second-order valence-electron chi connectivity index (χ2n) is 6.04. The Kier molecular flexibility index (Phi) is 2.52. The fourth-order valence-electron chi connectivity index (χ4n) is 4.03. The summed E-state index contributed by atoms with van der Waals surface area (Å²) in [6.07, 6.45) is 7.86. The molecular weight excluding hydrogens is 232 g/mol. The highest BCUT2D eigenvalue weighted by Gasteiger charge is 2.35. The van der Waals surface area contributed by atoms with Crippen LogP contribution in [0.1, 0.15) is 29.9 Å². The maximum Gasteiger partial charge on any atom is 0.0459 e. The standard InChI is InChI=1S/C17H20N2/c1-2-4-11-7-14-13-5-3-6-15-17(13)12(10-19-15)8-16(14)18-9-11/h2-3,5-6,10-11,14,16,18-19H,1,4,7-9H2/t11?,14-,16-/m1/s1. The summed E-state index contributed by atoms with van der Waals surface area (Å²) in [4.78, 5) is 3.42. The lowest BCUT2D eigenvalue weighted by Crippen LogP contribution is -2.46. The fourth-order valence-corrected chi connectivity index (χ4v) is 4.03. The number of benzene rings is 1. The molecule has 1 aromatic heterocycles. The largest absolute Gasteiger partial charge is 0.361 e. The highest BCUT2D eigenvalue weighted by Crippen LogP contribution is 2.42. The van der Waals surface area contributed by atoms with E-state index in [1.54, 1.807) is 5.56 Å². The van der Waals surface area contributed by atoms with Crippen molar-refractivity contribution < 1.29 is 0 Å². The molecule has 4 rings (SSSR count). The molecule has 1 aromatic carbocycles. The molecule has 1 fully saturated rings. The summed E-state index contributed by atoms with van der Waals surface area (Å²) in [5, 5.41) is 5.26. The van der Waals surface area contributed by atoms with E-state index in [1.165, 1.54) is 29.3 Å². The molecule has 2 aliphatic rings. The molecule has 98 valence electrons. The van der Waals surface area contributed by atoms with Gasteiger partial charge in [0.25, 0.3) is 0 Å². The van der Waals surface area contributed by atoms with Gasteiger partial charge in [0.2, 0.25) is 0 Å². The molecule has 0 radical (unpaired) electrons. The summed E-state index contributed by atoms with van der Waals surface area (Å²) in [5.41, 5.74) is 4.34. The molecule has 1 aliphatic carbocycles. The second kappa shape index (κ2) is 4.24. The molecule has 1 saturated heterocycles. The molecule has 3 atom stereocenters. The van der Waals surface area contributed by atoms with E-state index in [1.807, 2.05) is 0 Å². The van der Waals surface area contributed by atoms with E-state index >= 15 is 0 Å². The first kappa shape index (κ1) is 11.3. The number of rotatable bonds is 2. The fraction of sp³-hybridized carbons (Fsp3) is 0.412. The van der Waals surface area contributed by atoms with Crippen LogP contribution in [0, 0.1) is 5.92 Å². The molecule has 2 heterocycles. The number of nitrogens with one attached hydrogen (secondary N) is 2. The van der Waals surface area contributed by atoms with E-state index < -0.39 is 0 Å². The minimum absolute atomic E-state index is 0.620. The van der Waals surface area contributed by atoms with E-state index in [-0.39, 0.29) is 0 Å². The van der Waals surface area contributed by atoms with Gasteiger partial charge in [-0.2, -0.15) is 0 Å². The molecule has 1 aliphatic heterocycles. The summed E-state index contributed by atoms with van der Waals surface area (Å²) in [5.74, 6) is 1.42. The molecule has 2 aromatic rings. The van der Waals surface area contributed by atoms with Crippen molar-refractivity contribution in [3.05, 3.63) is 48.2 Å². The SMILES string of the molecule is C=CCC1CN[C@@H]2Cc3c[nH]c4cccc(c34)[C@H]2C1. The van der Waals surface area contributed by atoms with Crippen LogP contribution in [0.2, 0.25) is 0 Å². The third kappa shape index (κ3) is 1.67. The Morgan fingerprint density at radius 2 is 2.32 bits per heavy atom. The minimum Gasteiger partial charge on any atom is -0.361 e. The number of hydrogen-bond acceptors (Lipinski definition) is 1. The van der Waals surface area contributed by atoms with Crippen LogP contribution in [0.3, 0.4) is 0 Å². The molecule has 0 bridgehead atoms. The molecule has 2 nitrogen and oxygen atoms in total. The van der Waals surface area contributed by atoms with E-state index in [9.17, 15) is 0 Å². The van der Waals surface area contributed by atoms with Crippen molar-refractivity contribution in [3.8, 4) is 0 Å². The smallest absolute Gasteiger partial charge is 0.0459 e. The van der Waals surface area contributed by atoms with Crippen molar-refractivity contribution in [1.82, 2.24) is 10.3 Å². The Balaban J connectivity index is 1.78. The third-order valence-corrected chi connectivity index (χ3v) is 4.90. The quantitative estimate of drug-likeness (QED) is 0.788. The summed E-state index contributed by atoms with van der Waals surface area (Å²) >= 11 is 0. The van der Waals surface area contributed by atoms with E-state index in [2.05, 4.69) is 47.4 Å². The number of allylic oxidation sites excluding steroid dienone is 1. The first-order valence-corrected chi connectivity index (χ1v) is 7.30. The summed E-state index contributed by atoms with van der Waals surface area (Å²) in [6.45, 7) is 5.03. The van der Waals surface area contributed by atoms with Crippen LogP contribution < -0.4 is 5.32 Å². The van der Waals surface area contributed by atoms with Gasteiger partial charge in [0, 0.05) is 29.1 Å². The van der Waals surface area contributed by atoms with Crippen LogP contribution >= 0.6 is 0 Å². The van der Waals surface area contributed by atoms with E-state index in [4.69, 9.17) is 0 Å². The Morgan fingerprint density at radius 3 is 3.21 bits per heavy atom. The Hall–Kier alpha value is -1.54. The van der Waals surface area contributed by atoms with Gasteiger partial charge in [-0.05, 0) is 48.9 Å². The van der Waals surface area contributed by atoms with Gasteiger partial charge in [0.15, 0.2) is 0 Å². The number of aromatic nitrogens is 1. The van der Waals surface area contributed by atoms with Crippen LogP contribution in [-0.4, -0.2) is 17.6 Å². The molecule has 19 heavy (non-hydrogen) atoms. The lowest BCUT2D eigenvalue weighted by Gasteiger charge is -2.40.